The maximum absolute atomic E-state index is 5.48. The van der Waals surface area contributed by atoms with Gasteiger partial charge in [0.25, 0.3) is 0 Å². The van der Waals surface area contributed by atoms with Crippen LogP contribution in [0.5, 0.6) is 11.8 Å². The molecule has 0 saturated heterocycles. The van der Waals surface area contributed by atoms with Gasteiger partial charge in [-0.25, -0.2) is 9.97 Å². The fourth-order valence-electron chi connectivity index (χ4n) is 1.16. The van der Waals surface area contributed by atoms with Gasteiger partial charge in [-0.05, 0) is 30.7 Å². The highest BCUT2D eigenvalue weighted by molar-refractivity contribution is 9.10. The second-order valence-corrected chi connectivity index (χ2v) is 4.17. The summed E-state index contributed by atoms with van der Waals surface area (Å²) in [4.78, 5) is 7.91. The molecule has 82 valence electrons. The summed E-state index contributed by atoms with van der Waals surface area (Å²) in [5, 5.41) is 0. The molecule has 2 rings (SSSR count). The van der Waals surface area contributed by atoms with E-state index in [1.807, 2.05) is 25.1 Å². The first-order valence-electron chi connectivity index (χ1n) is 4.66. The summed E-state index contributed by atoms with van der Waals surface area (Å²) in [7, 11) is 0. The van der Waals surface area contributed by atoms with Crippen LogP contribution in [0.25, 0.3) is 0 Å². The first-order valence-corrected chi connectivity index (χ1v) is 5.46. The minimum Gasteiger partial charge on any atom is -0.424 e. The summed E-state index contributed by atoms with van der Waals surface area (Å²) in [6.07, 6.45) is 3.02. The van der Waals surface area contributed by atoms with Crippen LogP contribution in [-0.4, -0.2) is 9.97 Å². The summed E-state index contributed by atoms with van der Waals surface area (Å²) in [5.41, 5.74) is 7.08. The van der Waals surface area contributed by atoms with Gasteiger partial charge in [0.2, 0.25) is 0 Å². The van der Waals surface area contributed by atoms with Gasteiger partial charge in [-0.15, -0.1) is 0 Å². The average molecular weight is 280 g/mol. The Balaban J connectivity index is 2.20. The number of nitrogens with two attached hydrogens (primary N) is 1. The second kappa shape index (κ2) is 4.49. The van der Waals surface area contributed by atoms with Gasteiger partial charge in [-0.1, -0.05) is 15.9 Å². The molecule has 0 aliphatic heterocycles. The Bertz CT molecular complexity index is 499. The van der Waals surface area contributed by atoms with E-state index in [-0.39, 0.29) is 6.01 Å². The van der Waals surface area contributed by atoms with E-state index in [0.29, 0.717) is 11.4 Å². The van der Waals surface area contributed by atoms with Crippen molar-refractivity contribution in [1.29, 1.82) is 0 Å². The SMILES string of the molecule is Cc1cc(Oc2ncc(N)cn2)ccc1Br. The molecule has 0 amide bonds. The third-order valence-corrected chi connectivity index (χ3v) is 2.88. The van der Waals surface area contributed by atoms with Crippen LogP contribution in [0.4, 0.5) is 5.69 Å². The number of aryl methyl sites for hydroxylation is 1. The van der Waals surface area contributed by atoms with Gasteiger partial charge in [-0.2, -0.15) is 0 Å². The Kier molecular flexibility index (Phi) is 3.05. The number of nitrogen functional groups attached to an aromatic ring is 1. The van der Waals surface area contributed by atoms with E-state index in [4.69, 9.17) is 10.5 Å². The predicted octanol–water partition coefficient (Wildman–Crippen LogP) is 2.92. The lowest BCUT2D eigenvalue weighted by molar-refractivity contribution is 0.441. The highest BCUT2D eigenvalue weighted by Crippen LogP contribution is 2.24. The molecule has 0 saturated carbocycles. The van der Waals surface area contributed by atoms with E-state index in [9.17, 15) is 0 Å². The highest BCUT2D eigenvalue weighted by Gasteiger charge is 2.02. The maximum atomic E-state index is 5.48. The number of anilines is 1. The van der Waals surface area contributed by atoms with Gasteiger partial charge in [0, 0.05) is 4.47 Å². The number of halogens is 1. The fraction of sp³-hybridized carbons (Fsp3) is 0.0909. The van der Waals surface area contributed by atoms with Crippen LogP contribution in [-0.2, 0) is 0 Å². The zero-order valence-electron chi connectivity index (χ0n) is 8.64. The predicted molar refractivity (Wildman–Crippen MR) is 65.4 cm³/mol. The Morgan fingerprint density at radius 1 is 1.25 bits per heavy atom. The van der Waals surface area contributed by atoms with Crippen molar-refractivity contribution in [2.24, 2.45) is 0 Å². The summed E-state index contributed by atoms with van der Waals surface area (Å²) >= 11 is 3.42. The monoisotopic (exact) mass is 279 g/mol. The average Bonchev–Trinajstić information content (AvgIpc) is 2.27. The fourth-order valence-corrected chi connectivity index (χ4v) is 1.41. The van der Waals surface area contributed by atoms with E-state index in [2.05, 4.69) is 25.9 Å². The highest BCUT2D eigenvalue weighted by atomic mass is 79.9. The van der Waals surface area contributed by atoms with Gasteiger partial charge < -0.3 is 10.5 Å². The lowest BCUT2D eigenvalue weighted by Crippen LogP contribution is -1.94. The van der Waals surface area contributed by atoms with E-state index >= 15 is 0 Å². The van der Waals surface area contributed by atoms with Gasteiger partial charge >= 0.3 is 6.01 Å². The van der Waals surface area contributed by atoms with Crippen molar-refractivity contribution >= 4 is 21.6 Å². The number of hydrogen-bond donors (Lipinski definition) is 1. The van der Waals surface area contributed by atoms with Gasteiger partial charge in [0.15, 0.2) is 0 Å². The van der Waals surface area contributed by atoms with Gasteiger partial charge in [-0.3, -0.25) is 0 Å². The largest absolute Gasteiger partial charge is 0.424 e. The van der Waals surface area contributed by atoms with Crippen molar-refractivity contribution in [3.63, 3.8) is 0 Å². The van der Waals surface area contributed by atoms with Crippen LogP contribution < -0.4 is 10.5 Å². The third kappa shape index (κ3) is 2.49. The summed E-state index contributed by atoms with van der Waals surface area (Å²) in [6.45, 7) is 1.99. The first kappa shape index (κ1) is 10.9. The van der Waals surface area contributed by atoms with Crippen LogP contribution in [0.1, 0.15) is 5.56 Å². The normalized spacial score (nSPS) is 10.1. The van der Waals surface area contributed by atoms with E-state index < -0.39 is 0 Å². The second-order valence-electron chi connectivity index (χ2n) is 3.31. The topological polar surface area (TPSA) is 61.0 Å². The zero-order valence-corrected chi connectivity index (χ0v) is 10.2. The smallest absolute Gasteiger partial charge is 0.322 e. The van der Waals surface area contributed by atoms with Crippen LogP contribution in [0.3, 0.4) is 0 Å². The Morgan fingerprint density at radius 2 is 1.94 bits per heavy atom. The molecule has 0 radical (unpaired) electrons. The molecule has 0 aliphatic carbocycles. The minimum atomic E-state index is 0.288. The summed E-state index contributed by atoms with van der Waals surface area (Å²) in [5.74, 6) is 0.700. The standard InChI is InChI=1S/C11H10BrN3O/c1-7-4-9(2-3-10(7)12)16-11-14-5-8(13)6-15-11/h2-6H,13H2,1H3. The zero-order chi connectivity index (χ0) is 11.5. The van der Waals surface area contributed by atoms with Crippen LogP contribution in [0.2, 0.25) is 0 Å². The van der Waals surface area contributed by atoms with Crippen molar-refractivity contribution < 1.29 is 4.74 Å². The number of nitrogens with zero attached hydrogens (tertiary/aromatic N) is 2. The molecule has 1 aromatic carbocycles. The number of benzene rings is 1. The molecule has 0 fully saturated rings. The third-order valence-electron chi connectivity index (χ3n) is 1.99. The number of rotatable bonds is 2. The number of aromatic nitrogens is 2. The van der Waals surface area contributed by atoms with Crippen LogP contribution >= 0.6 is 15.9 Å². The molecule has 1 heterocycles. The van der Waals surface area contributed by atoms with Crippen molar-refractivity contribution in [2.75, 3.05) is 5.73 Å². The minimum absolute atomic E-state index is 0.288. The molecule has 0 spiro atoms. The molecule has 0 aliphatic rings. The molecule has 0 atom stereocenters. The van der Waals surface area contributed by atoms with Crippen molar-refractivity contribution in [1.82, 2.24) is 9.97 Å². The molecule has 1 aromatic heterocycles. The van der Waals surface area contributed by atoms with Gasteiger partial charge in [0.1, 0.15) is 5.75 Å². The maximum Gasteiger partial charge on any atom is 0.322 e. The molecule has 0 bridgehead atoms. The number of hydrogen-bond acceptors (Lipinski definition) is 4. The lowest BCUT2D eigenvalue weighted by atomic mass is 10.2. The number of ether oxygens (including phenoxy) is 1. The molecule has 0 unspecified atom stereocenters. The molecule has 2 N–H and O–H groups in total. The Hall–Kier alpha value is -1.62. The quantitative estimate of drug-likeness (QED) is 0.918. The lowest BCUT2D eigenvalue weighted by Gasteiger charge is -2.05. The molecular formula is C11H10BrN3O. The Labute approximate surface area is 102 Å². The molecule has 16 heavy (non-hydrogen) atoms. The van der Waals surface area contributed by atoms with Crippen molar-refractivity contribution in [3.05, 3.63) is 40.6 Å². The summed E-state index contributed by atoms with van der Waals surface area (Å²) < 4.78 is 6.51. The van der Waals surface area contributed by atoms with Crippen LogP contribution in [0, 0.1) is 6.92 Å². The van der Waals surface area contributed by atoms with E-state index in [1.54, 1.807) is 0 Å². The molecular weight excluding hydrogens is 270 g/mol. The molecule has 4 nitrogen and oxygen atoms in total. The summed E-state index contributed by atoms with van der Waals surface area (Å²) in [6, 6.07) is 5.96. The van der Waals surface area contributed by atoms with E-state index in [1.165, 1.54) is 12.4 Å². The van der Waals surface area contributed by atoms with Crippen molar-refractivity contribution in [2.45, 2.75) is 6.92 Å². The van der Waals surface area contributed by atoms with Crippen LogP contribution in [0.15, 0.2) is 35.1 Å². The molecule has 2 aromatic rings. The first-order chi connectivity index (χ1) is 7.65. The Morgan fingerprint density at radius 3 is 2.56 bits per heavy atom. The van der Waals surface area contributed by atoms with E-state index in [0.717, 1.165) is 10.0 Å². The van der Waals surface area contributed by atoms with Crippen molar-refractivity contribution in [3.8, 4) is 11.8 Å². The van der Waals surface area contributed by atoms with Gasteiger partial charge in [0.05, 0.1) is 18.1 Å². The molecule has 5 heteroatoms.